The van der Waals surface area contributed by atoms with Crippen molar-refractivity contribution in [3.05, 3.63) is 35.9 Å². The van der Waals surface area contributed by atoms with Crippen molar-refractivity contribution in [2.75, 3.05) is 6.61 Å². The molecule has 1 aromatic rings. The van der Waals surface area contributed by atoms with Gasteiger partial charge in [0.2, 0.25) is 0 Å². The van der Waals surface area contributed by atoms with Gasteiger partial charge in [-0.2, -0.15) is 0 Å². The largest absolute Gasteiger partial charge is 0.465 e. The number of ether oxygens (including phenoxy) is 1. The molecule has 0 aliphatic carbocycles. The summed E-state index contributed by atoms with van der Waals surface area (Å²) in [6, 6.07) is 9.74. The first kappa shape index (κ1) is 12.8. The summed E-state index contributed by atoms with van der Waals surface area (Å²) in [4.78, 5) is 11.7. The van der Waals surface area contributed by atoms with Crippen LogP contribution in [0, 0.1) is 0 Å². The molecule has 0 bridgehead atoms. The van der Waals surface area contributed by atoms with Gasteiger partial charge < -0.3 is 4.74 Å². The third-order valence-corrected chi connectivity index (χ3v) is 2.65. The zero-order valence-electron chi connectivity index (χ0n) is 10.1. The van der Waals surface area contributed by atoms with Gasteiger partial charge in [0.1, 0.15) is 0 Å². The first-order valence-electron chi connectivity index (χ1n) is 5.97. The van der Waals surface area contributed by atoms with E-state index in [0.717, 1.165) is 24.8 Å². The maximum absolute atomic E-state index is 11.7. The normalized spacial score (nSPS) is 12.1. The average molecular weight is 220 g/mol. The number of hydrogen-bond acceptors (Lipinski definition) is 2. The summed E-state index contributed by atoms with van der Waals surface area (Å²) >= 11 is 0. The van der Waals surface area contributed by atoms with Gasteiger partial charge in [-0.3, -0.25) is 4.79 Å². The topological polar surface area (TPSA) is 26.3 Å². The van der Waals surface area contributed by atoms with Crippen molar-refractivity contribution >= 4 is 5.97 Å². The predicted molar refractivity (Wildman–Crippen MR) is 65.3 cm³/mol. The smallest absolute Gasteiger partial charge is 0.313 e. The molecule has 1 unspecified atom stereocenters. The Kier molecular flexibility index (Phi) is 5.62. The van der Waals surface area contributed by atoms with Crippen molar-refractivity contribution < 1.29 is 9.53 Å². The maximum Gasteiger partial charge on any atom is 0.313 e. The van der Waals surface area contributed by atoms with Crippen molar-refractivity contribution in [2.45, 2.75) is 39.0 Å². The van der Waals surface area contributed by atoms with Gasteiger partial charge in [-0.25, -0.2) is 0 Å². The highest BCUT2D eigenvalue weighted by Gasteiger charge is 2.15. The van der Waals surface area contributed by atoms with E-state index in [9.17, 15) is 4.79 Å². The Balaban J connectivity index is 2.37. The van der Waals surface area contributed by atoms with E-state index in [1.165, 1.54) is 0 Å². The fourth-order valence-corrected chi connectivity index (χ4v) is 1.53. The van der Waals surface area contributed by atoms with Crippen LogP contribution in [-0.2, 0) is 9.53 Å². The molecule has 1 rings (SSSR count). The maximum atomic E-state index is 11.7. The number of rotatable bonds is 6. The summed E-state index contributed by atoms with van der Waals surface area (Å²) < 4.78 is 5.22. The van der Waals surface area contributed by atoms with Crippen LogP contribution < -0.4 is 0 Å². The van der Waals surface area contributed by atoms with Gasteiger partial charge in [0.15, 0.2) is 0 Å². The summed E-state index contributed by atoms with van der Waals surface area (Å²) in [5.74, 6) is -0.287. The van der Waals surface area contributed by atoms with Crippen LogP contribution in [0.3, 0.4) is 0 Å². The van der Waals surface area contributed by atoms with Crippen LogP contribution in [0.15, 0.2) is 30.3 Å². The number of esters is 1. The molecule has 0 amide bonds. The van der Waals surface area contributed by atoms with E-state index in [0.29, 0.717) is 6.61 Å². The molecular formula is C14H20O2. The van der Waals surface area contributed by atoms with Crippen LogP contribution in [-0.4, -0.2) is 12.6 Å². The van der Waals surface area contributed by atoms with Crippen molar-refractivity contribution in [1.29, 1.82) is 0 Å². The zero-order chi connectivity index (χ0) is 11.8. The summed E-state index contributed by atoms with van der Waals surface area (Å²) in [5, 5.41) is 0. The Morgan fingerprint density at radius 1 is 1.25 bits per heavy atom. The molecule has 2 nitrogen and oxygen atoms in total. The highest BCUT2D eigenvalue weighted by molar-refractivity contribution is 5.77. The van der Waals surface area contributed by atoms with Crippen molar-refractivity contribution in [3.8, 4) is 0 Å². The second-order valence-corrected chi connectivity index (χ2v) is 4.01. The van der Waals surface area contributed by atoms with Crippen molar-refractivity contribution in [1.82, 2.24) is 0 Å². The van der Waals surface area contributed by atoms with E-state index in [1.54, 1.807) is 0 Å². The van der Waals surface area contributed by atoms with E-state index >= 15 is 0 Å². The zero-order valence-corrected chi connectivity index (χ0v) is 10.1. The second kappa shape index (κ2) is 7.04. The fraction of sp³-hybridized carbons (Fsp3) is 0.500. The number of carbonyl (C=O) groups excluding carboxylic acids is 1. The Morgan fingerprint density at radius 2 is 1.94 bits per heavy atom. The molecule has 0 radical (unpaired) electrons. The second-order valence-electron chi connectivity index (χ2n) is 4.01. The Morgan fingerprint density at radius 3 is 2.56 bits per heavy atom. The van der Waals surface area contributed by atoms with Gasteiger partial charge in [0.05, 0.1) is 12.5 Å². The standard InChI is InChI=1S/C14H20O2/c1-3-4-8-11-16-14(15)12(2)13-9-6-5-7-10-13/h5-7,9-10,12H,3-4,8,11H2,1-2H3. The average Bonchev–Trinajstić information content (AvgIpc) is 2.34. The van der Waals surface area contributed by atoms with E-state index in [1.807, 2.05) is 37.3 Å². The minimum absolute atomic E-state index is 0.123. The number of hydrogen-bond donors (Lipinski definition) is 0. The van der Waals surface area contributed by atoms with Crippen molar-refractivity contribution in [2.24, 2.45) is 0 Å². The van der Waals surface area contributed by atoms with E-state index in [4.69, 9.17) is 4.74 Å². The summed E-state index contributed by atoms with van der Waals surface area (Å²) in [6.45, 7) is 4.57. The number of carbonyl (C=O) groups is 1. The Hall–Kier alpha value is -1.31. The lowest BCUT2D eigenvalue weighted by atomic mass is 10.0. The molecule has 1 aromatic carbocycles. The van der Waals surface area contributed by atoms with Gasteiger partial charge >= 0.3 is 5.97 Å². The fourth-order valence-electron chi connectivity index (χ4n) is 1.53. The van der Waals surface area contributed by atoms with Gasteiger partial charge in [0, 0.05) is 0 Å². The van der Waals surface area contributed by atoms with Crippen LogP contribution >= 0.6 is 0 Å². The summed E-state index contributed by atoms with van der Waals surface area (Å²) in [5.41, 5.74) is 1.02. The van der Waals surface area contributed by atoms with Crippen LogP contribution in [0.2, 0.25) is 0 Å². The molecule has 0 saturated carbocycles. The molecule has 2 heteroatoms. The Labute approximate surface area is 97.6 Å². The van der Waals surface area contributed by atoms with E-state index in [2.05, 4.69) is 6.92 Å². The number of unbranched alkanes of at least 4 members (excludes halogenated alkanes) is 2. The highest BCUT2D eigenvalue weighted by atomic mass is 16.5. The van der Waals surface area contributed by atoms with Gasteiger partial charge in [-0.05, 0) is 18.9 Å². The number of benzene rings is 1. The SMILES string of the molecule is CCCCCOC(=O)C(C)c1ccccc1. The molecule has 1 atom stereocenters. The molecule has 0 aromatic heterocycles. The molecule has 16 heavy (non-hydrogen) atoms. The summed E-state index contributed by atoms with van der Waals surface area (Å²) in [7, 11) is 0. The summed E-state index contributed by atoms with van der Waals surface area (Å²) in [6.07, 6.45) is 3.22. The van der Waals surface area contributed by atoms with Crippen LogP contribution in [0.4, 0.5) is 0 Å². The molecule has 0 spiro atoms. The third-order valence-electron chi connectivity index (χ3n) is 2.65. The monoisotopic (exact) mass is 220 g/mol. The minimum Gasteiger partial charge on any atom is -0.465 e. The van der Waals surface area contributed by atoms with Crippen LogP contribution in [0.25, 0.3) is 0 Å². The third kappa shape index (κ3) is 4.05. The first-order valence-corrected chi connectivity index (χ1v) is 5.97. The molecule has 0 aliphatic rings. The molecule has 0 saturated heterocycles. The molecule has 0 aliphatic heterocycles. The van der Waals surface area contributed by atoms with E-state index in [-0.39, 0.29) is 11.9 Å². The first-order chi connectivity index (χ1) is 7.75. The van der Waals surface area contributed by atoms with Crippen LogP contribution in [0.5, 0.6) is 0 Å². The predicted octanol–water partition coefficient (Wildman–Crippen LogP) is 3.52. The van der Waals surface area contributed by atoms with Gasteiger partial charge in [0.25, 0.3) is 0 Å². The molecular weight excluding hydrogens is 200 g/mol. The minimum atomic E-state index is -0.164. The van der Waals surface area contributed by atoms with Gasteiger partial charge in [-0.1, -0.05) is 50.1 Å². The highest BCUT2D eigenvalue weighted by Crippen LogP contribution is 2.16. The lowest BCUT2D eigenvalue weighted by Gasteiger charge is -2.11. The lowest BCUT2D eigenvalue weighted by molar-refractivity contribution is -0.145. The molecule has 0 heterocycles. The Bertz CT molecular complexity index is 306. The quantitative estimate of drug-likeness (QED) is 0.541. The van der Waals surface area contributed by atoms with E-state index < -0.39 is 0 Å². The lowest BCUT2D eigenvalue weighted by Crippen LogP contribution is -2.13. The van der Waals surface area contributed by atoms with Crippen molar-refractivity contribution in [3.63, 3.8) is 0 Å². The van der Waals surface area contributed by atoms with Crippen LogP contribution in [0.1, 0.15) is 44.6 Å². The van der Waals surface area contributed by atoms with Gasteiger partial charge in [-0.15, -0.1) is 0 Å². The molecule has 0 fully saturated rings. The molecule has 0 N–H and O–H groups in total. The molecule has 88 valence electrons.